The maximum absolute atomic E-state index is 6.21. The average molecular weight is 331 g/mol. The number of benzene rings is 1. The first-order valence-electron chi connectivity index (χ1n) is 6.00. The summed E-state index contributed by atoms with van der Waals surface area (Å²) in [4.78, 5) is 6.38. The predicted molar refractivity (Wildman–Crippen MR) is 87.4 cm³/mol. The Balaban J connectivity index is 2.27. The smallest absolute Gasteiger partial charge is 0.149 e. The van der Waals surface area contributed by atoms with Gasteiger partial charge in [0.05, 0.1) is 10.0 Å². The fourth-order valence-electron chi connectivity index (χ4n) is 1.88. The summed E-state index contributed by atoms with van der Waals surface area (Å²) in [5.41, 5.74) is 1.08. The van der Waals surface area contributed by atoms with Gasteiger partial charge in [-0.1, -0.05) is 46.9 Å². The first kappa shape index (κ1) is 15.2. The molecule has 106 valence electrons. The Morgan fingerprint density at radius 3 is 2.55 bits per heavy atom. The van der Waals surface area contributed by atoms with Crippen LogP contribution in [0.25, 0.3) is 0 Å². The molecule has 0 saturated heterocycles. The lowest BCUT2D eigenvalue weighted by Gasteiger charge is -2.20. The summed E-state index contributed by atoms with van der Waals surface area (Å²) < 4.78 is 0. The van der Waals surface area contributed by atoms with Crippen LogP contribution in [0.2, 0.25) is 15.1 Å². The molecule has 0 spiro atoms. The Hall–Kier alpha value is -1.16. The van der Waals surface area contributed by atoms with Crippen LogP contribution in [-0.2, 0) is 6.54 Å². The van der Waals surface area contributed by atoms with Crippen molar-refractivity contribution < 1.29 is 0 Å². The fourth-order valence-corrected chi connectivity index (χ4v) is 2.69. The zero-order valence-corrected chi connectivity index (χ0v) is 13.4. The van der Waals surface area contributed by atoms with Gasteiger partial charge in [-0.05, 0) is 23.8 Å². The fraction of sp³-hybridized carbons (Fsp3) is 0.214. The molecule has 0 aliphatic heterocycles. The molecule has 2 rings (SSSR count). The van der Waals surface area contributed by atoms with Crippen molar-refractivity contribution in [3.05, 3.63) is 51.0 Å². The molecule has 0 radical (unpaired) electrons. The molecule has 0 aliphatic rings. The molecule has 20 heavy (non-hydrogen) atoms. The minimum absolute atomic E-state index is 0.498. The number of hydrogen-bond donors (Lipinski definition) is 1. The summed E-state index contributed by atoms with van der Waals surface area (Å²) in [6.07, 6.45) is 0. The highest BCUT2D eigenvalue weighted by Gasteiger charge is 2.12. The van der Waals surface area contributed by atoms with Crippen LogP contribution in [0.5, 0.6) is 0 Å². The van der Waals surface area contributed by atoms with Crippen LogP contribution in [0.1, 0.15) is 5.56 Å². The molecule has 6 heteroatoms. The molecule has 1 aromatic heterocycles. The number of rotatable bonds is 4. The number of anilines is 2. The standard InChI is InChI=1S/C14H14Cl3N3/c1-18-13-11(16)7-12(17)14(19-13)20(2)8-9-4-3-5-10(15)6-9/h3-7H,8H2,1-2H3,(H,18,19). The van der Waals surface area contributed by atoms with Crippen molar-refractivity contribution in [2.24, 2.45) is 0 Å². The summed E-state index contributed by atoms with van der Waals surface area (Å²) in [6, 6.07) is 9.37. The zero-order valence-electron chi connectivity index (χ0n) is 11.1. The molecule has 1 N–H and O–H groups in total. The van der Waals surface area contributed by atoms with Crippen molar-refractivity contribution in [3.8, 4) is 0 Å². The monoisotopic (exact) mass is 329 g/mol. The highest BCUT2D eigenvalue weighted by atomic mass is 35.5. The summed E-state index contributed by atoms with van der Waals surface area (Å²) in [5, 5.41) is 4.66. The Kier molecular flexibility index (Phi) is 4.97. The van der Waals surface area contributed by atoms with E-state index in [0.717, 1.165) is 5.56 Å². The van der Waals surface area contributed by atoms with E-state index >= 15 is 0 Å². The average Bonchev–Trinajstić information content (AvgIpc) is 2.38. The van der Waals surface area contributed by atoms with E-state index in [1.165, 1.54) is 0 Å². The van der Waals surface area contributed by atoms with Gasteiger partial charge < -0.3 is 10.2 Å². The van der Waals surface area contributed by atoms with E-state index in [9.17, 15) is 0 Å². The quantitative estimate of drug-likeness (QED) is 0.879. The molecule has 1 aromatic carbocycles. The maximum atomic E-state index is 6.21. The molecule has 0 atom stereocenters. The second-order valence-electron chi connectivity index (χ2n) is 4.36. The minimum atomic E-state index is 0.498. The number of pyridine rings is 1. The summed E-state index contributed by atoms with van der Waals surface area (Å²) >= 11 is 18.2. The maximum Gasteiger partial charge on any atom is 0.149 e. The van der Waals surface area contributed by atoms with Crippen LogP contribution in [0.3, 0.4) is 0 Å². The van der Waals surface area contributed by atoms with Crippen LogP contribution >= 0.6 is 34.8 Å². The van der Waals surface area contributed by atoms with E-state index in [2.05, 4.69) is 10.3 Å². The zero-order chi connectivity index (χ0) is 14.7. The van der Waals surface area contributed by atoms with Gasteiger partial charge in [0.1, 0.15) is 11.6 Å². The lowest BCUT2D eigenvalue weighted by atomic mass is 10.2. The Bertz CT molecular complexity index is 617. The van der Waals surface area contributed by atoms with Gasteiger partial charge in [0, 0.05) is 25.7 Å². The Morgan fingerprint density at radius 1 is 1.15 bits per heavy atom. The van der Waals surface area contributed by atoms with Gasteiger partial charge in [-0.3, -0.25) is 0 Å². The molecule has 0 fully saturated rings. The number of aromatic nitrogens is 1. The molecule has 0 aliphatic carbocycles. The van der Waals surface area contributed by atoms with Gasteiger partial charge in [0.25, 0.3) is 0 Å². The van der Waals surface area contributed by atoms with Gasteiger partial charge in [-0.15, -0.1) is 0 Å². The van der Waals surface area contributed by atoms with Gasteiger partial charge in [0.2, 0.25) is 0 Å². The van der Waals surface area contributed by atoms with E-state index < -0.39 is 0 Å². The molecule has 0 bridgehead atoms. The number of halogens is 3. The first-order valence-corrected chi connectivity index (χ1v) is 7.14. The Labute approximate surface area is 133 Å². The van der Waals surface area contributed by atoms with Gasteiger partial charge >= 0.3 is 0 Å². The largest absolute Gasteiger partial charge is 0.372 e. The lowest BCUT2D eigenvalue weighted by Crippen LogP contribution is -2.18. The van der Waals surface area contributed by atoms with E-state index in [1.807, 2.05) is 36.2 Å². The van der Waals surface area contributed by atoms with Gasteiger partial charge in [-0.2, -0.15) is 0 Å². The third kappa shape index (κ3) is 3.48. The SMILES string of the molecule is CNc1nc(N(C)Cc2cccc(Cl)c2)c(Cl)cc1Cl. The molecule has 3 nitrogen and oxygen atoms in total. The minimum Gasteiger partial charge on any atom is -0.372 e. The van der Waals surface area contributed by atoms with Crippen LogP contribution in [-0.4, -0.2) is 19.1 Å². The molecule has 0 unspecified atom stereocenters. The van der Waals surface area contributed by atoms with E-state index in [4.69, 9.17) is 34.8 Å². The number of nitrogens with one attached hydrogen (secondary N) is 1. The highest BCUT2D eigenvalue weighted by Crippen LogP contribution is 2.31. The summed E-state index contributed by atoms with van der Waals surface area (Å²) in [6.45, 7) is 0.651. The van der Waals surface area contributed by atoms with Crippen molar-refractivity contribution in [1.82, 2.24) is 4.98 Å². The highest BCUT2D eigenvalue weighted by molar-refractivity contribution is 6.37. The van der Waals surface area contributed by atoms with Gasteiger partial charge in [0.15, 0.2) is 0 Å². The van der Waals surface area contributed by atoms with Crippen molar-refractivity contribution in [2.45, 2.75) is 6.54 Å². The molecule has 0 saturated carbocycles. The molecular formula is C14H14Cl3N3. The molecule has 1 heterocycles. The van der Waals surface area contributed by atoms with Crippen molar-refractivity contribution >= 4 is 46.4 Å². The lowest BCUT2D eigenvalue weighted by molar-refractivity contribution is 0.899. The second kappa shape index (κ2) is 6.53. The van der Waals surface area contributed by atoms with Crippen molar-refractivity contribution in [3.63, 3.8) is 0 Å². The van der Waals surface area contributed by atoms with Crippen LogP contribution in [0.4, 0.5) is 11.6 Å². The Morgan fingerprint density at radius 2 is 1.90 bits per heavy atom. The van der Waals surface area contributed by atoms with Crippen molar-refractivity contribution in [2.75, 3.05) is 24.3 Å². The third-order valence-corrected chi connectivity index (χ3v) is 3.62. The van der Waals surface area contributed by atoms with Crippen LogP contribution in [0, 0.1) is 0 Å². The normalized spacial score (nSPS) is 10.4. The summed E-state index contributed by atoms with van der Waals surface area (Å²) in [5.74, 6) is 1.27. The third-order valence-electron chi connectivity index (χ3n) is 2.82. The first-order chi connectivity index (χ1) is 9.51. The second-order valence-corrected chi connectivity index (χ2v) is 5.61. The van der Waals surface area contributed by atoms with E-state index in [0.29, 0.717) is 33.2 Å². The predicted octanol–water partition coefficient (Wildman–Crippen LogP) is 4.72. The van der Waals surface area contributed by atoms with Crippen LogP contribution in [0.15, 0.2) is 30.3 Å². The van der Waals surface area contributed by atoms with E-state index in [1.54, 1.807) is 13.1 Å². The number of nitrogens with zero attached hydrogens (tertiary/aromatic N) is 2. The summed E-state index contributed by atoms with van der Waals surface area (Å²) in [7, 11) is 3.69. The van der Waals surface area contributed by atoms with Crippen molar-refractivity contribution in [1.29, 1.82) is 0 Å². The number of hydrogen-bond acceptors (Lipinski definition) is 3. The van der Waals surface area contributed by atoms with E-state index in [-0.39, 0.29) is 0 Å². The molecular weight excluding hydrogens is 317 g/mol. The van der Waals surface area contributed by atoms with Crippen LogP contribution < -0.4 is 10.2 Å². The topological polar surface area (TPSA) is 28.2 Å². The molecule has 0 amide bonds. The van der Waals surface area contributed by atoms with Gasteiger partial charge in [-0.25, -0.2) is 4.98 Å². The molecule has 2 aromatic rings.